The van der Waals surface area contributed by atoms with E-state index in [-0.39, 0.29) is 30.7 Å². The van der Waals surface area contributed by atoms with Crippen LogP contribution >= 0.6 is 0 Å². The molecule has 1 heterocycles. The molecule has 0 bridgehead atoms. The smallest absolute Gasteiger partial charge is 0.417 e. The van der Waals surface area contributed by atoms with Crippen molar-refractivity contribution in [3.05, 3.63) is 107 Å². The van der Waals surface area contributed by atoms with Crippen molar-refractivity contribution >= 4 is 12.0 Å². The Bertz CT molecular complexity index is 1120. The zero-order valence-corrected chi connectivity index (χ0v) is 19.4. The van der Waals surface area contributed by atoms with Gasteiger partial charge in [0, 0.05) is 12.0 Å². The maximum atomic E-state index is 13.5. The average molecular weight is 478 g/mol. The molecule has 4 rings (SSSR count). The Labute approximate surface area is 203 Å². The van der Waals surface area contributed by atoms with Crippen molar-refractivity contribution in [3.8, 4) is 0 Å². The Morgan fingerprint density at radius 1 is 1.03 bits per heavy atom. The number of aliphatic hydroxyl groups is 1. The van der Waals surface area contributed by atoms with Crippen LogP contribution in [0.5, 0.6) is 0 Å². The van der Waals surface area contributed by atoms with Crippen LogP contribution in [0.15, 0.2) is 84.9 Å². The number of carbonyl (C=O) groups is 2. The van der Waals surface area contributed by atoms with E-state index in [0.29, 0.717) is 17.5 Å². The van der Waals surface area contributed by atoms with Crippen LogP contribution in [0.2, 0.25) is 0 Å². The van der Waals surface area contributed by atoms with Crippen LogP contribution in [0, 0.1) is 11.7 Å². The summed E-state index contributed by atoms with van der Waals surface area (Å²) in [6.45, 7) is 2.00. The number of rotatable bonds is 9. The highest BCUT2D eigenvalue weighted by atomic mass is 19.1. The van der Waals surface area contributed by atoms with E-state index in [9.17, 15) is 19.1 Å². The second kappa shape index (κ2) is 11.3. The van der Waals surface area contributed by atoms with E-state index in [1.54, 1.807) is 36.4 Å². The highest BCUT2D eigenvalue weighted by Crippen LogP contribution is 2.34. The highest BCUT2D eigenvalue weighted by Gasteiger charge is 2.39. The molecule has 0 aromatic heterocycles. The number of nitrogens with zero attached hydrogens (tertiary/aromatic N) is 1. The lowest BCUT2D eigenvalue weighted by molar-refractivity contribution is -0.148. The van der Waals surface area contributed by atoms with Crippen molar-refractivity contribution in [2.24, 2.45) is 5.92 Å². The minimum atomic E-state index is -1.19. The van der Waals surface area contributed by atoms with Crippen molar-refractivity contribution in [2.45, 2.75) is 38.2 Å². The fourth-order valence-electron chi connectivity index (χ4n) is 4.26. The molecule has 182 valence electrons. The zero-order valence-electron chi connectivity index (χ0n) is 19.4. The van der Waals surface area contributed by atoms with Crippen molar-refractivity contribution in [2.75, 3.05) is 6.61 Å². The van der Waals surface area contributed by atoms with Crippen molar-refractivity contribution in [3.63, 3.8) is 0 Å². The van der Waals surface area contributed by atoms with Crippen LogP contribution in [-0.4, -0.2) is 28.6 Å². The molecular weight excluding hydrogens is 449 g/mol. The van der Waals surface area contributed by atoms with Crippen molar-refractivity contribution in [1.29, 1.82) is 0 Å². The van der Waals surface area contributed by atoms with Crippen LogP contribution in [0.4, 0.5) is 9.18 Å². The fourth-order valence-corrected chi connectivity index (χ4v) is 4.26. The first-order chi connectivity index (χ1) is 16.9. The molecule has 0 radical (unpaired) electrons. The Balaban J connectivity index is 1.47. The number of benzene rings is 3. The monoisotopic (exact) mass is 477 g/mol. The lowest BCUT2D eigenvalue weighted by atomic mass is 9.94. The molecule has 1 N–H and O–H groups in total. The lowest BCUT2D eigenvalue weighted by Gasteiger charge is -2.26. The van der Waals surface area contributed by atoms with Crippen LogP contribution in [0.1, 0.15) is 54.9 Å². The maximum absolute atomic E-state index is 13.5. The van der Waals surface area contributed by atoms with E-state index in [4.69, 9.17) is 9.47 Å². The summed E-state index contributed by atoms with van der Waals surface area (Å²) in [5.74, 6) is -0.917. The number of ether oxygens (including phenoxy) is 2. The Morgan fingerprint density at radius 2 is 1.66 bits per heavy atom. The van der Waals surface area contributed by atoms with Gasteiger partial charge >= 0.3 is 6.09 Å². The molecule has 3 aromatic rings. The van der Waals surface area contributed by atoms with Gasteiger partial charge in [0.15, 0.2) is 6.29 Å². The topological polar surface area (TPSA) is 76.1 Å². The number of halogens is 1. The number of imide groups is 1. The number of hydrogen-bond acceptors (Lipinski definition) is 5. The molecule has 3 aromatic carbocycles. The van der Waals surface area contributed by atoms with Gasteiger partial charge in [0.25, 0.3) is 0 Å². The molecule has 4 atom stereocenters. The van der Waals surface area contributed by atoms with Crippen LogP contribution in [-0.2, 0) is 14.3 Å². The zero-order chi connectivity index (χ0) is 24.8. The van der Waals surface area contributed by atoms with E-state index >= 15 is 0 Å². The summed E-state index contributed by atoms with van der Waals surface area (Å²) in [5.41, 5.74) is 2.11. The molecule has 2 amide bonds. The van der Waals surface area contributed by atoms with Gasteiger partial charge in [-0.1, -0.05) is 79.7 Å². The van der Waals surface area contributed by atoms with Crippen molar-refractivity contribution < 1.29 is 28.6 Å². The summed E-state index contributed by atoms with van der Waals surface area (Å²) in [6.07, 6.45) is -1.97. The van der Waals surface area contributed by atoms with Crippen LogP contribution in [0.25, 0.3) is 0 Å². The van der Waals surface area contributed by atoms with Gasteiger partial charge in [-0.25, -0.2) is 14.1 Å². The van der Waals surface area contributed by atoms with Gasteiger partial charge in [0.05, 0.1) is 6.10 Å². The second-order valence-electron chi connectivity index (χ2n) is 8.75. The molecule has 0 spiro atoms. The predicted octanol–water partition coefficient (Wildman–Crippen LogP) is 5.71. The largest absolute Gasteiger partial charge is 0.446 e. The summed E-state index contributed by atoms with van der Waals surface area (Å²) in [6, 6.07) is 23.7. The maximum Gasteiger partial charge on any atom is 0.417 e. The van der Waals surface area contributed by atoms with Crippen LogP contribution in [0.3, 0.4) is 0 Å². The third-order valence-corrected chi connectivity index (χ3v) is 6.09. The lowest BCUT2D eigenvalue weighted by Crippen LogP contribution is -2.35. The number of carbonyl (C=O) groups excluding carboxylic acids is 2. The average Bonchev–Trinajstić information content (AvgIpc) is 3.26. The van der Waals surface area contributed by atoms with E-state index < -0.39 is 24.5 Å². The Hall–Kier alpha value is -3.55. The standard InChI is InChI=1S/C28H28FNO5/c1-19(17-26(31)30-24(18-34-28(30)33)20-8-4-2-5-9-20)16-25(21-12-14-23(29)15-13-21)35-27(32)22-10-6-3-7-11-22/h2-15,19,24-25,27,32H,16-18H2,1H3/t19-,24-,25+,27?/m1/s1. The van der Waals surface area contributed by atoms with Gasteiger partial charge < -0.3 is 14.6 Å². The van der Waals surface area contributed by atoms with E-state index in [1.807, 2.05) is 43.3 Å². The number of hydrogen-bond donors (Lipinski definition) is 1. The molecule has 0 aliphatic carbocycles. The fraction of sp³-hybridized carbons (Fsp3) is 0.286. The molecule has 1 aliphatic rings. The Morgan fingerprint density at radius 3 is 2.31 bits per heavy atom. The number of cyclic esters (lactones) is 1. The number of amides is 2. The third-order valence-electron chi connectivity index (χ3n) is 6.09. The molecular formula is C28H28FNO5. The summed E-state index contributed by atoms with van der Waals surface area (Å²) >= 11 is 0. The van der Waals surface area contributed by atoms with E-state index in [1.165, 1.54) is 17.0 Å². The minimum Gasteiger partial charge on any atom is -0.446 e. The predicted molar refractivity (Wildman–Crippen MR) is 127 cm³/mol. The minimum absolute atomic E-state index is 0.0842. The van der Waals surface area contributed by atoms with Gasteiger partial charge in [-0.2, -0.15) is 0 Å². The molecule has 35 heavy (non-hydrogen) atoms. The molecule has 6 nitrogen and oxygen atoms in total. The molecule has 1 fully saturated rings. The van der Waals surface area contributed by atoms with Crippen LogP contribution < -0.4 is 0 Å². The summed E-state index contributed by atoms with van der Waals surface area (Å²) in [5, 5.41) is 10.6. The third kappa shape index (κ3) is 6.12. The van der Waals surface area contributed by atoms with Gasteiger partial charge in [-0.15, -0.1) is 0 Å². The summed E-state index contributed by atoms with van der Waals surface area (Å²) in [4.78, 5) is 26.7. The second-order valence-corrected chi connectivity index (χ2v) is 8.75. The molecule has 1 aliphatic heterocycles. The normalized spacial score (nSPS) is 18.1. The Kier molecular flexibility index (Phi) is 7.90. The first kappa shape index (κ1) is 24.6. The summed E-state index contributed by atoms with van der Waals surface area (Å²) < 4.78 is 24.7. The first-order valence-electron chi connectivity index (χ1n) is 11.6. The van der Waals surface area contributed by atoms with Gasteiger partial charge in [-0.3, -0.25) is 4.79 Å². The van der Waals surface area contributed by atoms with Gasteiger partial charge in [0.2, 0.25) is 5.91 Å². The van der Waals surface area contributed by atoms with Gasteiger partial charge in [-0.05, 0) is 35.6 Å². The summed E-state index contributed by atoms with van der Waals surface area (Å²) in [7, 11) is 0. The highest BCUT2D eigenvalue weighted by molar-refractivity contribution is 5.93. The molecule has 0 saturated carbocycles. The SMILES string of the molecule is C[C@@H](CC(=O)N1C(=O)OC[C@@H]1c1ccccc1)C[C@H](OC(O)c1ccccc1)c1ccc(F)cc1. The van der Waals surface area contributed by atoms with E-state index in [0.717, 1.165) is 5.56 Å². The quantitative estimate of drug-likeness (QED) is 0.400. The molecule has 1 saturated heterocycles. The molecule has 1 unspecified atom stereocenters. The van der Waals surface area contributed by atoms with E-state index in [2.05, 4.69) is 0 Å². The van der Waals surface area contributed by atoms with Gasteiger partial charge in [0.1, 0.15) is 18.5 Å². The van der Waals surface area contributed by atoms with Crippen molar-refractivity contribution in [1.82, 2.24) is 4.90 Å². The first-order valence-corrected chi connectivity index (χ1v) is 11.6. The molecule has 7 heteroatoms. The number of aliphatic hydroxyl groups excluding tert-OH is 1.